The first kappa shape index (κ1) is 27.3. The Morgan fingerprint density at radius 1 is 1.02 bits per heavy atom. The molecule has 0 aliphatic carbocycles. The zero-order valence-electron chi connectivity index (χ0n) is 23.4. The first-order valence-corrected chi connectivity index (χ1v) is 13.5. The van der Waals surface area contributed by atoms with Crippen molar-refractivity contribution in [2.24, 2.45) is 0 Å². The van der Waals surface area contributed by atoms with Crippen molar-refractivity contribution in [3.63, 3.8) is 0 Å². The second-order valence-corrected chi connectivity index (χ2v) is 10.00. The number of fused-ring (bicyclic) bond motifs is 1. The van der Waals surface area contributed by atoms with Gasteiger partial charge in [0, 0.05) is 31.4 Å². The lowest BCUT2D eigenvalue weighted by molar-refractivity contribution is 0.0723. The summed E-state index contributed by atoms with van der Waals surface area (Å²) in [4.78, 5) is 15.5. The summed E-state index contributed by atoms with van der Waals surface area (Å²) in [5.41, 5.74) is 6.12. The fourth-order valence-electron chi connectivity index (χ4n) is 5.41. The maximum absolute atomic E-state index is 13.7. The first-order chi connectivity index (χ1) is 19.4. The molecule has 0 bridgehead atoms. The summed E-state index contributed by atoms with van der Waals surface area (Å²) in [7, 11) is 1.65. The van der Waals surface area contributed by atoms with Gasteiger partial charge in [-0.05, 0) is 67.6 Å². The number of nitrogens with zero attached hydrogens (tertiary/aromatic N) is 2. The van der Waals surface area contributed by atoms with E-state index in [1.54, 1.807) is 13.2 Å². The Hall–Kier alpha value is -4.30. The largest absolute Gasteiger partial charge is 0.507 e. The Kier molecular flexibility index (Phi) is 8.07. The number of ether oxygens (including phenoxy) is 3. The van der Waals surface area contributed by atoms with Gasteiger partial charge < -0.3 is 24.2 Å². The van der Waals surface area contributed by atoms with Crippen molar-refractivity contribution in [3.8, 4) is 28.5 Å². The number of carbonyl (C=O) groups is 1. The van der Waals surface area contributed by atoms with E-state index in [9.17, 15) is 9.90 Å². The summed E-state index contributed by atoms with van der Waals surface area (Å²) >= 11 is 0. The highest BCUT2D eigenvalue weighted by atomic mass is 16.5. The van der Waals surface area contributed by atoms with Crippen molar-refractivity contribution in [2.45, 2.75) is 39.8 Å². The summed E-state index contributed by atoms with van der Waals surface area (Å²) in [5.74, 6) is 1.23. The van der Waals surface area contributed by atoms with Crippen LogP contribution < -0.4 is 9.47 Å². The van der Waals surface area contributed by atoms with Crippen molar-refractivity contribution in [2.75, 3.05) is 26.9 Å². The molecule has 2 N–H and O–H groups in total. The Morgan fingerprint density at radius 3 is 2.55 bits per heavy atom. The number of aromatic amines is 1. The molecule has 4 aromatic rings. The van der Waals surface area contributed by atoms with Crippen LogP contribution in [0.2, 0.25) is 0 Å². The molecule has 1 aliphatic heterocycles. The summed E-state index contributed by atoms with van der Waals surface area (Å²) in [6, 6.07) is 19.1. The average Bonchev–Trinajstić information content (AvgIpc) is 3.47. The summed E-state index contributed by atoms with van der Waals surface area (Å²) in [6.07, 6.45) is 0.678. The van der Waals surface area contributed by atoms with E-state index in [-0.39, 0.29) is 11.7 Å². The SMILES string of the molecule is CCOc1cc(C2c3c(-c4c(C)cc(C)cc4O)n[nH]c3C(=O)N2CCCOC)ccc1OCc1ccccc1. The number of hydrogen-bond acceptors (Lipinski definition) is 6. The number of phenols is 1. The molecule has 8 nitrogen and oxygen atoms in total. The number of H-pyrrole nitrogens is 1. The maximum Gasteiger partial charge on any atom is 0.273 e. The highest BCUT2D eigenvalue weighted by Crippen LogP contribution is 2.47. The maximum atomic E-state index is 13.7. The zero-order chi connectivity index (χ0) is 28.2. The van der Waals surface area contributed by atoms with Gasteiger partial charge in [-0.3, -0.25) is 9.89 Å². The lowest BCUT2D eigenvalue weighted by atomic mass is 9.93. The molecule has 1 aliphatic rings. The molecule has 0 fully saturated rings. The number of aryl methyl sites for hydroxylation is 2. The highest BCUT2D eigenvalue weighted by molar-refractivity contribution is 6.00. The van der Waals surface area contributed by atoms with Gasteiger partial charge in [0.1, 0.15) is 23.7 Å². The molecule has 0 saturated carbocycles. The molecule has 8 heteroatoms. The van der Waals surface area contributed by atoms with Gasteiger partial charge >= 0.3 is 0 Å². The number of amides is 1. The monoisotopic (exact) mass is 541 g/mol. The van der Waals surface area contributed by atoms with Gasteiger partial charge in [-0.1, -0.05) is 42.5 Å². The standard InChI is InChI=1S/C32H35N3O5/c1-5-39-26-18-23(12-13-25(26)40-19-22-10-7-6-8-11-22)31-28-29(27-21(3)16-20(2)17-24(27)36)33-34-30(28)32(37)35(31)14-9-15-38-4/h6-8,10-13,16-18,31,36H,5,9,14-15,19H2,1-4H3,(H,33,34). The molecule has 0 radical (unpaired) electrons. The predicted octanol–water partition coefficient (Wildman–Crippen LogP) is 5.96. The van der Waals surface area contributed by atoms with Gasteiger partial charge in [-0.2, -0.15) is 5.10 Å². The van der Waals surface area contributed by atoms with Crippen molar-refractivity contribution in [3.05, 3.63) is 94.2 Å². The number of nitrogens with one attached hydrogen (secondary N) is 1. The van der Waals surface area contributed by atoms with E-state index in [0.717, 1.165) is 27.8 Å². The van der Waals surface area contributed by atoms with E-state index in [1.807, 2.05) is 80.3 Å². The number of aromatic hydroxyl groups is 1. The number of phenolic OH excluding ortho intramolecular Hbond substituents is 1. The minimum absolute atomic E-state index is 0.135. The van der Waals surface area contributed by atoms with Gasteiger partial charge in [0.2, 0.25) is 0 Å². The summed E-state index contributed by atoms with van der Waals surface area (Å²) in [5, 5.41) is 18.5. The quantitative estimate of drug-likeness (QED) is 0.228. The van der Waals surface area contributed by atoms with E-state index in [0.29, 0.717) is 61.2 Å². The third kappa shape index (κ3) is 5.27. The van der Waals surface area contributed by atoms with Gasteiger partial charge in [-0.15, -0.1) is 0 Å². The molecule has 40 heavy (non-hydrogen) atoms. The van der Waals surface area contributed by atoms with Crippen LogP contribution in [0, 0.1) is 13.8 Å². The molecular formula is C32H35N3O5. The minimum Gasteiger partial charge on any atom is -0.507 e. The first-order valence-electron chi connectivity index (χ1n) is 13.5. The minimum atomic E-state index is -0.435. The third-order valence-electron chi connectivity index (χ3n) is 7.13. The molecule has 1 unspecified atom stereocenters. The Balaban J connectivity index is 1.58. The third-order valence-corrected chi connectivity index (χ3v) is 7.13. The molecule has 1 aromatic heterocycles. The lowest BCUT2D eigenvalue weighted by Crippen LogP contribution is -2.31. The van der Waals surface area contributed by atoms with Crippen LogP contribution in [-0.4, -0.2) is 53.0 Å². The topological polar surface area (TPSA) is 96.9 Å². The molecule has 2 heterocycles. The molecular weight excluding hydrogens is 506 g/mol. The van der Waals surface area contributed by atoms with Crippen LogP contribution in [0.3, 0.4) is 0 Å². The molecule has 0 spiro atoms. The summed E-state index contributed by atoms with van der Waals surface area (Å²) < 4.78 is 17.4. The second-order valence-electron chi connectivity index (χ2n) is 10.00. The Morgan fingerprint density at radius 2 is 1.82 bits per heavy atom. The van der Waals surface area contributed by atoms with Crippen LogP contribution in [0.1, 0.15) is 57.7 Å². The van der Waals surface area contributed by atoms with Crippen LogP contribution in [0.15, 0.2) is 60.7 Å². The average molecular weight is 542 g/mol. The van der Waals surface area contributed by atoms with Crippen LogP contribution >= 0.6 is 0 Å². The van der Waals surface area contributed by atoms with Crippen molar-refractivity contribution in [1.82, 2.24) is 15.1 Å². The van der Waals surface area contributed by atoms with E-state index in [2.05, 4.69) is 10.2 Å². The van der Waals surface area contributed by atoms with Crippen molar-refractivity contribution >= 4 is 5.91 Å². The second kappa shape index (κ2) is 11.8. The van der Waals surface area contributed by atoms with E-state index < -0.39 is 6.04 Å². The van der Waals surface area contributed by atoms with Crippen molar-refractivity contribution in [1.29, 1.82) is 0 Å². The zero-order valence-corrected chi connectivity index (χ0v) is 23.4. The highest BCUT2D eigenvalue weighted by Gasteiger charge is 2.42. The molecule has 208 valence electrons. The molecule has 0 saturated heterocycles. The smallest absolute Gasteiger partial charge is 0.273 e. The van der Waals surface area contributed by atoms with Crippen molar-refractivity contribution < 1.29 is 24.1 Å². The van der Waals surface area contributed by atoms with E-state index in [4.69, 9.17) is 14.2 Å². The molecule has 1 amide bonds. The van der Waals surface area contributed by atoms with E-state index >= 15 is 0 Å². The normalized spacial score (nSPS) is 14.4. The van der Waals surface area contributed by atoms with Gasteiger partial charge in [0.05, 0.1) is 12.6 Å². The Labute approximate surface area is 234 Å². The number of benzene rings is 3. The fourth-order valence-corrected chi connectivity index (χ4v) is 5.41. The van der Waals surface area contributed by atoms with Crippen LogP contribution in [0.5, 0.6) is 17.2 Å². The molecule has 5 rings (SSSR count). The fraction of sp³-hybridized carbons (Fsp3) is 0.312. The van der Waals surface area contributed by atoms with Gasteiger partial charge in [0.15, 0.2) is 11.5 Å². The number of rotatable bonds is 11. The molecule has 1 atom stereocenters. The number of methoxy groups -OCH3 is 1. The van der Waals surface area contributed by atoms with Crippen LogP contribution in [-0.2, 0) is 11.3 Å². The number of aromatic nitrogens is 2. The predicted molar refractivity (Wildman–Crippen MR) is 153 cm³/mol. The lowest BCUT2D eigenvalue weighted by Gasteiger charge is -2.27. The van der Waals surface area contributed by atoms with Crippen LogP contribution in [0.4, 0.5) is 0 Å². The number of hydrogen-bond donors (Lipinski definition) is 2. The van der Waals surface area contributed by atoms with E-state index in [1.165, 1.54) is 0 Å². The Bertz CT molecular complexity index is 1470. The number of carbonyl (C=O) groups excluding carboxylic acids is 1. The summed E-state index contributed by atoms with van der Waals surface area (Å²) in [6.45, 7) is 7.71. The van der Waals surface area contributed by atoms with Gasteiger partial charge in [-0.25, -0.2) is 0 Å². The van der Waals surface area contributed by atoms with Crippen LogP contribution in [0.25, 0.3) is 11.3 Å². The molecule has 3 aromatic carbocycles. The van der Waals surface area contributed by atoms with Gasteiger partial charge in [0.25, 0.3) is 5.91 Å².